The molecule has 0 bridgehead atoms. The number of hydrogen-bond donors (Lipinski definition) is 1. The van der Waals surface area contributed by atoms with E-state index >= 15 is 0 Å². The first-order valence-corrected chi connectivity index (χ1v) is 6.97. The van der Waals surface area contributed by atoms with E-state index in [0.29, 0.717) is 29.0 Å². The molecular weight excluding hydrogens is 289 g/mol. The molecule has 4 nitrogen and oxygen atoms in total. The lowest BCUT2D eigenvalue weighted by Crippen LogP contribution is -2.45. The van der Waals surface area contributed by atoms with Gasteiger partial charge in [-0.05, 0) is 18.2 Å². The van der Waals surface area contributed by atoms with Crippen LogP contribution < -0.4 is 4.74 Å². The molecule has 0 spiro atoms. The summed E-state index contributed by atoms with van der Waals surface area (Å²) >= 11 is 11.8. The van der Waals surface area contributed by atoms with E-state index in [1.54, 1.807) is 18.2 Å². The maximum Gasteiger partial charge on any atom is 0.138 e. The molecule has 106 valence electrons. The van der Waals surface area contributed by atoms with Crippen molar-refractivity contribution < 1.29 is 14.6 Å². The smallest absolute Gasteiger partial charge is 0.138 e. The van der Waals surface area contributed by atoms with Gasteiger partial charge in [-0.2, -0.15) is 0 Å². The molecule has 1 aromatic carbocycles. The Hall–Kier alpha value is -0.520. The Morgan fingerprint density at radius 1 is 1.42 bits per heavy atom. The van der Waals surface area contributed by atoms with Crippen LogP contribution in [0.1, 0.15) is 0 Å². The number of ether oxygens (including phenoxy) is 2. The lowest BCUT2D eigenvalue weighted by atomic mass is 10.3. The van der Waals surface area contributed by atoms with Crippen LogP contribution >= 0.6 is 23.2 Å². The summed E-state index contributed by atoms with van der Waals surface area (Å²) in [5.41, 5.74) is 0. The third-order valence-electron chi connectivity index (χ3n) is 2.99. The van der Waals surface area contributed by atoms with Gasteiger partial charge in [0.05, 0.1) is 24.3 Å². The first kappa shape index (κ1) is 14.9. The van der Waals surface area contributed by atoms with Gasteiger partial charge in [0.25, 0.3) is 0 Å². The summed E-state index contributed by atoms with van der Waals surface area (Å²) < 4.78 is 11.0. The van der Waals surface area contributed by atoms with Crippen LogP contribution in [0, 0.1) is 0 Å². The minimum atomic E-state index is -0.0899. The Morgan fingerprint density at radius 3 is 3.00 bits per heavy atom. The lowest BCUT2D eigenvalue weighted by molar-refractivity contribution is -0.0547. The van der Waals surface area contributed by atoms with Gasteiger partial charge in [0.1, 0.15) is 12.4 Å². The molecule has 1 atom stereocenters. The molecule has 19 heavy (non-hydrogen) atoms. The summed E-state index contributed by atoms with van der Waals surface area (Å²) in [6.45, 7) is 3.61. The lowest BCUT2D eigenvalue weighted by Gasteiger charge is -2.31. The van der Waals surface area contributed by atoms with Crippen LogP contribution in [-0.2, 0) is 4.74 Å². The molecule has 1 aliphatic heterocycles. The zero-order valence-electron chi connectivity index (χ0n) is 10.5. The number of rotatable bonds is 5. The fourth-order valence-corrected chi connectivity index (χ4v) is 2.43. The molecule has 1 N–H and O–H groups in total. The number of hydrogen-bond acceptors (Lipinski definition) is 4. The van der Waals surface area contributed by atoms with Crippen LogP contribution in [0.3, 0.4) is 0 Å². The summed E-state index contributed by atoms with van der Waals surface area (Å²) in [4.78, 5) is 2.20. The topological polar surface area (TPSA) is 41.9 Å². The Kier molecular flexibility index (Phi) is 5.73. The Morgan fingerprint density at radius 2 is 2.26 bits per heavy atom. The predicted octanol–water partition coefficient (Wildman–Crippen LogP) is 2.07. The van der Waals surface area contributed by atoms with Crippen molar-refractivity contribution >= 4 is 23.2 Å². The molecular formula is C13H17Cl2NO3. The van der Waals surface area contributed by atoms with Crippen LogP contribution in [0.2, 0.25) is 10.0 Å². The van der Waals surface area contributed by atoms with Gasteiger partial charge in [-0.25, -0.2) is 0 Å². The van der Waals surface area contributed by atoms with Gasteiger partial charge >= 0.3 is 0 Å². The first-order chi connectivity index (χ1) is 9.19. The van der Waals surface area contributed by atoms with Crippen LogP contribution in [0.15, 0.2) is 18.2 Å². The van der Waals surface area contributed by atoms with Crippen molar-refractivity contribution in [3.05, 3.63) is 28.2 Å². The van der Waals surface area contributed by atoms with Gasteiger partial charge in [0, 0.05) is 24.7 Å². The van der Waals surface area contributed by atoms with Crippen molar-refractivity contribution in [2.45, 2.75) is 6.10 Å². The zero-order valence-corrected chi connectivity index (χ0v) is 12.0. The first-order valence-electron chi connectivity index (χ1n) is 6.21. The summed E-state index contributed by atoms with van der Waals surface area (Å²) in [5, 5.41) is 10.2. The van der Waals surface area contributed by atoms with E-state index in [1.807, 2.05) is 0 Å². The molecule has 6 heteroatoms. The highest BCUT2D eigenvalue weighted by atomic mass is 35.5. The monoisotopic (exact) mass is 305 g/mol. The van der Waals surface area contributed by atoms with Crippen molar-refractivity contribution in [3.8, 4) is 5.75 Å². The molecule has 1 aliphatic rings. The highest BCUT2D eigenvalue weighted by molar-refractivity contribution is 6.35. The van der Waals surface area contributed by atoms with Crippen molar-refractivity contribution in [1.82, 2.24) is 4.90 Å². The second-order valence-electron chi connectivity index (χ2n) is 4.40. The highest BCUT2D eigenvalue weighted by Gasteiger charge is 2.19. The maximum absolute atomic E-state index is 9.06. The van der Waals surface area contributed by atoms with Crippen LogP contribution in [0.4, 0.5) is 0 Å². The SMILES string of the molecule is OCC1CN(CCOc2ccc(Cl)cc2Cl)CCO1. The van der Waals surface area contributed by atoms with E-state index in [1.165, 1.54) is 0 Å². The number of aliphatic hydroxyl groups excluding tert-OH is 1. The number of aliphatic hydroxyl groups is 1. The van der Waals surface area contributed by atoms with Crippen LogP contribution in [0.25, 0.3) is 0 Å². The molecule has 1 unspecified atom stereocenters. The second-order valence-corrected chi connectivity index (χ2v) is 5.24. The minimum Gasteiger partial charge on any atom is -0.491 e. The van der Waals surface area contributed by atoms with Crippen LogP contribution in [-0.4, -0.2) is 55.6 Å². The van der Waals surface area contributed by atoms with Gasteiger partial charge in [-0.3, -0.25) is 4.90 Å². The average Bonchev–Trinajstić information content (AvgIpc) is 2.41. The summed E-state index contributed by atoms with van der Waals surface area (Å²) in [5.74, 6) is 0.637. The molecule has 0 radical (unpaired) electrons. The molecule has 1 heterocycles. The summed E-state index contributed by atoms with van der Waals surface area (Å²) in [7, 11) is 0. The third-order valence-corrected chi connectivity index (χ3v) is 3.52. The molecule has 0 saturated carbocycles. The highest BCUT2D eigenvalue weighted by Crippen LogP contribution is 2.27. The van der Waals surface area contributed by atoms with Crippen molar-refractivity contribution in [2.75, 3.05) is 39.5 Å². The molecule has 0 amide bonds. The second kappa shape index (κ2) is 7.31. The maximum atomic E-state index is 9.06. The number of morpholine rings is 1. The van der Waals surface area contributed by atoms with Crippen molar-refractivity contribution in [1.29, 1.82) is 0 Å². The van der Waals surface area contributed by atoms with E-state index in [2.05, 4.69) is 4.90 Å². The van der Waals surface area contributed by atoms with E-state index in [9.17, 15) is 0 Å². The predicted molar refractivity (Wildman–Crippen MR) is 75.2 cm³/mol. The largest absolute Gasteiger partial charge is 0.491 e. The normalized spacial score (nSPS) is 20.5. The van der Waals surface area contributed by atoms with Crippen molar-refractivity contribution in [2.24, 2.45) is 0 Å². The average molecular weight is 306 g/mol. The van der Waals surface area contributed by atoms with Gasteiger partial charge in [-0.15, -0.1) is 0 Å². The van der Waals surface area contributed by atoms with E-state index in [4.69, 9.17) is 37.8 Å². The molecule has 2 rings (SSSR count). The van der Waals surface area contributed by atoms with Crippen LogP contribution in [0.5, 0.6) is 5.75 Å². The van der Waals surface area contributed by atoms with E-state index in [0.717, 1.165) is 19.6 Å². The fraction of sp³-hybridized carbons (Fsp3) is 0.538. The molecule has 1 aromatic rings. The Balaban J connectivity index is 1.76. The zero-order chi connectivity index (χ0) is 13.7. The van der Waals surface area contributed by atoms with Gasteiger partial charge in [0.2, 0.25) is 0 Å². The Bertz CT molecular complexity index is 417. The number of benzene rings is 1. The van der Waals surface area contributed by atoms with Gasteiger partial charge in [-0.1, -0.05) is 23.2 Å². The number of halogens is 2. The number of nitrogens with zero attached hydrogens (tertiary/aromatic N) is 1. The molecule has 1 saturated heterocycles. The molecule has 0 aliphatic carbocycles. The quantitative estimate of drug-likeness (QED) is 0.904. The standard InChI is InChI=1S/C13H17Cl2NO3/c14-10-1-2-13(12(15)7-10)19-6-4-16-3-5-18-11(8-16)9-17/h1-2,7,11,17H,3-6,8-9H2. The van der Waals surface area contributed by atoms with Gasteiger partial charge in [0.15, 0.2) is 0 Å². The Labute approximate surface area is 122 Å². The van der Waals surface area contributed by atoms with E-state index < -0.39 is 0 Å². The van der Waals surface area contributed by atoms with E-state index in [-0.39, 0.29) is 12.7 Å². The fourth-order valence-electron chi connectivity index (χ4n) is 1.97. The summed E-state index contributed by atoms with van der Waals surface area (Å²) in [6.07, 6.45) is -0.0899. The summed E-state index contributed by atoms with van der Waals surface area (Å²) in [6, 6.07) is 5.18. The molecule has 0 aromatic heterocycles. The molecule has 1 fully saturated rings. The van der Waals surface area contributed by atoms with Gasteiger partial charge < -0.3 is 14.6 Å². The minimum absolute atomic E-state index is 0.0559. The third kappa shape index (κ3) is 4.51. The van der Waals surface area contributed by atoms with Crippen molar-refractivity contribution in [3.63, 3.8) is 0 Å².